The number of Topliss-reactive ketones (excluding diaryl/α,β-unsaturated/α-hetero) is 1. The fraction of sp³-hybridized carbons (Fsp3) is 0.300. The van der Waals surface area contributed by atoms with Crippen molar-refractivity contribution < 1.29 is 14.3 Å². The predicted octanol–water partition coefficient (Wildman–Crippen LogP) is 3.42. The first-order valence-corrected chi connectivity index (χ1v) is 8.24. The van der Waals surface area contributed by atoms with Crippen molar-refractivity contribution >= 4 is 17.4 Å². The Morgan fingerprint density at radius 2 is 1.88 bits per heavy atom. The predicted molar refractivity (Wildman–Crippen MR) is 93.8 cm³/mol. The minimum absolute atomic E-state index is 0.0133. The Labute approximate surface area is 142 Å². The van der Waals surface area contributed by atoms with Crippen molar-refractivity contribution in [2.24, 2.45) is 0 Å². The van der Waals surface area contributed by atoms with Gasteiger partial charge in [0.15, 0.2) is 12.4 Å². The molecule has 1 heterocycles. The summed E-state index contributed by atoms with van der Waals surface area (Å²) in [6, 6.07) is 13.3. The number of amides is 1. The Bertz CT molecular complexity index is 765. The molecule has 0 spiro atoms. The van der Waals surface area contributed by atoms with Crippen LogP contribution in [0.2, 0.25) is 0 Å². The maximum atomic E-state index is 12.5. The van der Waals surface area contributed by atoms with Crippen molar-refractivity contribution in [3.8, 4) is 5.75 Å². The molecule has 0 aliphatic carbocycles. The second-order valence-electron chi connectivity index (χ2n) is 5.98. The van der Waals surface area contributed by atoms with Gasteiger partial charge in [-0.2, -0.15) is 0 Å². The summed E-state index contributed by atoms with van der Waals surface area (Å²) in [5, 5.41) is 0. The number of rotatable bonds is 5. The Morgan fingerprint density at radius 1 is 1.12 bits per heavy atom. The molecule has 0 N–H and O–H groups in total. The number of anilines is 1. The highest BCUT2D eigenvalue weighted by Crippen LogP contribution is 2.29. The number of hydrogen-bond acceptors (Lipinski definition) is 3. The summed E-state index contributed by atoms with van der Waals surface area (Å²) in [4.78, 5) is 25.7. The van der Waals surface area contributed by atoms with E-state index in [2.05, 4.69) is 6.92 Å². The fourth-order valence-corrected chi connectivity index (χ4v) is 2.92. The van der Waals surface area contributed by atoms with Crippen LogP contribution in [-0.4, -0.2) is 24.8 Å². The van der Waals surface area contributed by atoms with Crippen molar-refractivity contribution in [2.45, 2.75) is 26.7 Å². The molecular formula is C20H21NO3. The Kier molecular flexibility index (Phi) is 4.65. The summed E-state index contributed by atoms with van der Waals surface area (Å²) < 4.78 is 5.61. The van der Waals surface area contributed by atoms with E-state index in [4.69, 9.17) is 4.74 Å². The molecular weight excluding hydrogens is 302 g/mol. The molecule has 0 aromatic heterocycles. The molecule has 3 rings (SSSR count). The van der Waals surface area contributed by atoms with Crippen LogP contribution in [0.25, 0.3) is 0 Å². The molecule has 0 unspecified atom stereocenters. The molecule has 1 amide bonds. The Hall–Kier alpha value is -2.62. The van der Waals surface area contributed by atoms with E-state index in [1.807, 2.05) is 36.4 Å². The van der Waals surface area contributed by atoms with Crippen molar-refractivity contribution in [3.05, 3.63) is 59.2 Å². The van der Waals surface area contributed by atoms with Crippen LogP contribution >= 0.6 is 0 Å². The SMILES string of the molecule is CCc1ccc(OCC(=O)N2CCc3cc(C(C)=O)ccc32)cc1. The molecule has 2 aromatic carbocycles. The van der Waals surface area contributed by atoms with Gasteiger partial charge in [-0.3, -0.25) is 9.59 Å². The summed E-state index contributed by atoms with van der Waals surface area (Å²) in [7, 11) is 0. The fourth-order valence-electron chi connectivity index (χ4n) is 2.92. The van der Waals surface area contributed by atoms with Crippen LogP contribution in [0.15, 0.2) is 42.5 Å². The zero-order valence-corrected chi connectivity index (χ0v) is 14.0. The molecule has 4 heteroatoms. The molecule has 0 saturated heterocycles. The van der Waals surface area contributed by atoms with Gasteiger partial charge in [0, 0.05) is 17.8 Å². The van der Waals surface area contributed by atoms with Crippen LogP contribution in [0.4, 0.5) is 5.69 Å². The summed E-state index contributed by atoms with van der Waals surface area (Å²) in [6.07, 6.45) is 1.75. The molecule has 4 nitrogen and oxygen atoms in total. The van der Waals surface area contributed by atoms with Crippen LogP contribution in [0.3, 0.4) is 0 Å². The lowest BCUT2D eigenvalue weighted by Gasteiger charge is -2.18. The minimum atomic E-state index is -0.0658. The third-order valence-corrected chi connectivity index (χ3v) is 4.38. The number of nitrogens with zero attached hydrogens (tertiary/aromatic N) is 1. The molecule has 0 radical (unpaired) electrons. The first kappa shape index (κ1) is 16.2. The number of aryl methyl sites for hydroxylation is 1. The van der Waals surface area contributed by atoms with Gasteiger partial charge >= 0.3 is 0 Å². The third kappa shape index (κ3) is 3.32. The number of ether oxygens (including phenoxy) is 1. The number of carbonyl (C=O) groups excluding carboxylic acids is 2. The van der Waals surface area contributed by atoms with E-state index in [0.29, 0.717) is 17.9 Å². The topological polar surface area (TPSA) is 46.6 Å². The number of benzene rings is 2. The number of carbonyl (C=O) groups is 2. The molecule has 0 bridgehead atoms. The standard InChI is InChI=1S/C20H21NO3/c1-3-15-4-7-18(8-5-15)24-13-20(23)21-11-10-17-12-16(14(2)22)6-9-19(17)21/h4-9,12H,3,10-11,13H2,1-2H3. The lowest BCUT2D eigenvalue weighted by Crippen LogP contribution is -2.33. The van der Waals surface area contributed by atoms with Crippen LogP contribution in [0, 0.1) is 0 Å². The summed E-state index contributed by atoms with van der Waals surface area (Å²) in [6.45, 7) is 4.30. The molecule has 24 heavy (non-hydrogen) atoms. The van der Waals surface area contributed by atoms with E-state index in [1.54, 1.807) is 17.9 Å². The molecule has 0 atom stereocenters. The monoisotopic (exact) mass is 323 g/mol. The first-order chi connectivity index (χ1) is 11.6. The van der Waals surface area contributed by atoms with E-state index in [1.165, 1.54) is 5.56 Å². The van der Waals surface area contributed by atoms with Gasteiger partial charge in [0.1, 0.15) is 5.75 Å². The molecule has 0 fully saturated rings. The smallest absolute Gasteiger partial charge is 0.264 e. The Balaban J connectivity index is 1.65. The third-order valence-electron chi connectivity index (χ3n) is 4.38. The zero-order valence-electron chi connectivity index (χ0n) is 14.0. The lowest BCUT2D eigenvalue weighted by atomic mass is 10.1. The average molecular weight is 323 g/mol. The molecule has 0 saturated carbocycles. The summed E-state index contributed by atoms with van der Waals surface area (Å²) in [5.74, 6) is 0.678. The van der Waals surface area contributed by atoms with Crippen molar-refractivity contribution in [3.63, 3.8) is 0 Å². The van der Waals surface area contributed by atoms with E-state index < -0.39 is 0 Å². The van der Waals surface area contributed by atoms with Crippen LogP contribution in [0.1, 0.15) is 35.3 Å². The van der Waals surface area contributed by atoms with Gasteiger partial charge in [-0.15, -0.1) is 0 Å². The molecule has 1 aliphatic rings. The highest BCUT2D eigenvalue weighted by atomic mass is 16.5. The van der Waals surface area contributed by atoms with Gasteiger partial charge in [0.2, 0.25) is 0 Å². The van der Waals surface area contributed by atoms with E-state index in [-0.39, 0.29) is 18.3 Å². The Morgan fingerprint density at radius 3 is 2.54 bits per heavy atom. The van der Waals surface area contributed by atoms with E-state index >= 15 is 0 Å². The van der Waals surface area contributed by atoms with Gasteiger partial charge in [-0.25, -0.2) is 0 Å². The maximum Gasteiger partial charge on any atom is 0.264 e. The number of ketones is 1. The van der Waals surface area contributed by atoms with Gasteiger partial charge in [0.25, 0.3) is 5.91 Å². The number of hydrogen-bond donors (Lipinski definition) is 0. The highest BCUT2D eigenvalue weighted by Gasteiger charge is 2.25. The molecule has 1 aliphatic heterocycles. The maximum absolute atomic E-state index is 12.5. The normalized spacial score (nSPS) is 12.8. The minimum Gasteiger partial charge on any atom is -0.484 e. The van der Waals surface area contributed by atoms with Gasteiger partial charge in [-0.05, 0) is 61.2 Å². The van der Waals surface area contributed by atoms with Gasteiger partial charge in [-0.1, -0.05) is 19.1 Å². The second kappa shape index (κ2) is 6.87. The van der Waals surface area contributed by atoms with Crippen LogP contribution in [0.5, 0.6) is 5.75 Å². The quantitative estimate of drug-likeness (QED) is 0.792. The molecule has 2 aromatic rings. The van der Waals surface area contributed by atoms with E-state index in [0.717, 1.165) is 24.1 Å². The number of fused-ring (bicyclic) bond motifs is 1. The lowest BCUT2D eigenvalue weighted by molar-refractivity contribution is -0.120. The average Bonchev–Trinajstić information content (AvgIpc) is 3.03. The summed E-state index contributed by atoms with van der Waals surface area (Å²) >= 11 is 0. The summed E-state index contributed by atoms with van der Waals surface area (Å²) in [5.41, 5.74) is 3.86. The van der Waals surface area contributed by atoms with Gasteiger partial charge < -0.3 is 9.64 Å². The van der Waals surface area contributed by atoms with Crippen LogP contribution in [-0.2, 0) is 17.6 Å². The van der Waals surface area contributed by atoms with E-state index in [9.17, 15) is 9.59 Å². The van der Waals surface area contributed by atoms with Crippen molar-refractivity contribution in [1.29, 1.82) is 0 Å². The second-order valence-corrected chi connectivity index (χ2v) is 5.98. The van der Waals surface area contributed by atoms with Crippen molar-refractivity contribution in [2.75, 3.05) is 18.1 Å². The van der Waals surface area contributed by atoms with Crippen molar-refractivity contribution in [1.82, 2.24) is 0 Å². The molecule has 124 valence electrons. The van der Waals surface area contributed by atoms with Crippen LogP contribution < -0.4 is 9.64 Å². The first-order valence-electron chi connectivity index (χ1n) is 8.24. The highest BCUT2D eigenvalue weighted by molar-refractivity contribution is 5.99. The van der Waals surface area contributed by atoms with Gasteiger partial charge in [0.05, 0.1) is 0 Å². The zero-order chi connectivity index (χ0) is 17.1. The largest absolute Gasteiger partial charge is 0.484 e.